The molecule has 0 spiro atoms. The molecule has 0 radical (unpaired) electrons. The summed E-state index contributed by atoms with van der Waals surface area (Å²) in [6.07, 6.45) is 1.27. The molecule has 9 atom stereocenters. The van der Waals surface area contributed by atoms with Crippen LogP contribution in [0.25, 0.3) is 0 Å². The Morgan fingerprint density at radius 2 is 1.75 bits per heavy atom. The van der Waals surface area contributed by atoms with Crippen molar-refractivity contribution in [3.05, 3.63) is 41.5 Å². The highest BCUT2D eigenvalue weighted by Crippen LogP contribution is 2.71. The van der Waals surface area contributed by atoms with E-state index < -0.39 is 57.8 Å². The molecule has 0 bridgehead atoms. The molecular weight excluding hydrogens is 464 g/mol. The topological polar surface area (TPSA) is 148 Å². The highest BCUT2D eigenvalue weighted by molar-refractivity contribution is 5.89. The number of rotatable bonds is 3. The van der Waals surface area contributed by atoms with Crippen molar-refractivity contribution in [1.29, 1.82) is 0 Å². The van der Waals surface area contributed by atoms with Gasteiger partial charge in [0.2, 0.25) is 0 Å². The van der Waals surface area contributed by atoms with Gasteiger partial charge in [0.15, 0.2) is 0 Å². The Labute approximate surface area is 211 Å². The lowest BCUT2D eigenvalue weighted by atomic mass is 9.42. The van der Waals surface area contributed by atoms with E-state index in [4.69, 9.17) is 4.74 Å². The summed E-state index contributed by atoms with van der Waals surface area (Å²) in [7, 11) is 0. The lowest BCUT2D eigenvalue weighted by molar-refractivity contribution is -0.324. The van der Waals surface area contributed by atoms with E-state index in [1.807, 2.05) is 13.0 Å². The summed E-state index contributed by atoms with van der Waals surface area (Å²) >= 11 is 0. The Bertz CT molecular complexity index is 1080. The number of ether oxygens (including phenoxy) is 1. The number of aromatic hydroxyl groups is 1. The average Bonchev–Trinajstić information content (AvgIpc) is 3.06. The van der Waals surface area contributed by atoms with Crippen molar-refractivity contribution >= 4 is 5.97 Å². The van der Waals surface area contributed by atoms with Crippen LogP contribution in [-0.2, 0) is 4.74 Å². The third kappa shape index (κ3) is 3.08. The van der Waals surface area contributed by atoms with E-state index in [9.17, 15) is 35.4 Å². The van der Waals surface area contributed by atoms with Gasteiger partial charge in [-0.05, 0) is 81.5 Å². The van der Waals surface area contributed by atoms with Gasteiger partial charge in [0.1, 0.15) is 28.7 Å². The molecule has 0 saturated heterocycles. The number of fused-ring (bicyclic) bond motifs is 5. The Morgan fingerprint density at radius 3 is 2.39 bits per heavy atom. The minimum Gasteiger partial charge on any atom is -0.508 e. The number of hydrogen-bond acceptors (Lipinski definition) is 8. The van der Waals surface area contributed by atoms with Crippen LogP contribution in [0, 0.1) is 16.7 Å². The Morgan fingerprint density at radius 1 is 1.08 bits per heavy atom. The number of aliphatic hydroxyl groups excluding tert-OH is 2. The van der Waals surface area contributed by atoms with Gasteiger partial charge in [-0.25, -0.2) is 4.79 Å². The smallest absolute Gasteiger partial charge is 0.338 e. The fourth-order valence-electron chi connectivity index (χ4n) is 8.30. The molecule has 4 aliphatic rings. The first-order valence-electron chi connectivity index (χ1n) is 13.0. The monoisotopic (exact) mass is 502 g/mol. The molecule has 0 amide bonds. The molecule has 1 aromatic rings. The highest BCUT2D eigenvalue weighted by atomic mass is 16.5. The summed E-state index contributed by atoms with van der Waals surface area (Å²) < 4.78 is 6.05. The SMILES string of the molecule is CC(O)[C@]1(O)CC[C@@]2(O)[C@]1(C)[C@H](OC(=O)c1ccc(O)cc1)C[C@@H]1[C@@]3(C)CC[C@H](O)CC3=CC[C@]12O. The van der Waals surface area contributed by atoms with Crippen molar-refractivity contribution in [1.82, 2.24) is 0 Å². The van der Waals surface area contributed by atoms with Gasteiger partial charge < -0.3 is 35.4 Å². The zero-order valence-corrected chi connectivity index (χ0v) is 21.1. The largest absolute Gasteiger partial charge is 0.508 e. The quantitative estimate of drug-likeness (QED) is 0.272. The summed E-state index contributed by atoms with van der Waals surface area (Å²) in [6.45, 7) is 5.11. The molecule has 0 heterocycles. The molecule has 6 N–H and O–H groups in total. The lowest BCUT2D eigenvalue weighted by Crippen LogP contribution is -2.78. The van der Waals surface area contributed by atoms with Crippen LogP contribution in [0.3, 0.4) is 0 Å². The van der Waals surface area contributed by atoms with Gasteiger partial charge in [0, 0.05) is 5.92 Å². The molecular formula is C28H38O8. The second-order valence-electron chi connectivity index (χ2n) is 12.1. The Balaban J connectivity index is 1.63. The lowest BCUT2D eigenvalue weighted by Gasteiger charge is -2.67. The molecule has 8 heteroatoms. The fraction of sp³-hybridized carbons (Fsp3) is 0.679. The molecule has 3 saturated carbocycles. The van der Waals surface area contributed by atoms with Gasteiger partial charge >= 0.3 is 5.97 Å². The van der Waals surface area contributed by atoms with Crippen LogP contribution < -0.4 is 0 Å². The van der Waals surface area contributed by atoms with Gasteiger partial charge in [-0.1, -0.05) is 25.5 Å². The Hall–Kier alpha value is -1.97. The second kappa shape index (κ2) is 8.01. The maximum atomic E-state index is 13.2. The molecule has 5 rings (SSSR count). The van der Waals surface area contributed by atoms with E-state index >= 15 is 0 Å². The van der Waals surface area contributed by atoms with Crippen LogP contribution in [-0.4, -0.2) is 71.7 Å². The number of benzene rings is 1. The summed E-state index contributed by atoms with van der Waals surface area (Å²) in [5, 5.41) is 67.2. The Kier molecular flexibility index (Phi) is 5.71. The summed E-state index contributed by atoms with van der Waals surface area (Å²) in [5.41, 5.74) is -6.14. The van der Waals surface area contributed by atoms with Crippen LogP contribution in [0.4, 0.5) is 0 Å². The van der Waals surface area contributed by atoms with Gasteiger partial charge in [-0.2, -0.15) is 0 Å². The zero-order valence-electron chi connectivity index (χ0n) is 21.1. The highest BCUT2D eigenvalue weighted by Gasteiger charge is 2.81. The van der Waals surface area contributed by atoms with Crippen molar-refractivity contribution in [3.8, 4) is 5.75 Å². The first kappa shape index (κ1) is 25.7. The van der Waals surface area contributed by atoms with Crippen LogP contribution >= 0.6 is 0 Å². The van der Waals surface area contributed by atoms with Gasteiger partial charge in [0.05, 0.1) is 23.2 Å². The molecule has 198 valence electrons. The molecule has 8 nitrogen and oxygen atoms in total. The second-order valence-corrected chi connectivity index (χ2v) is 12.1. The third-order valence-corrected chi connectivity index (χ3v) is 10.7. The number of aliphatic hydroxyl groups is 5. The van der Waals surface area contributed by atoms with Crippen molar-refractivity contribution in [2.75, 3.05) is 0 Å². The molecule has 4 aliphatic carbocycles. The van der Waals surface area contributed by atoms with Crippen molar-refractivity contribution in [3.63, 3.8) is 0 Å². The number of phenolic OH excluding ortho intramolecular Hbond substituents is 1. The number of carbonyl (C=O) groups excluding carboxylic acids is 1. The van der Waals surface area contributed by atoms with E-state index in [1.54, 1.807) is 6.92 Å². The fourth-order valence-corrected chi connectivity index (χ4v) is 8.30. The van der Waals surface area contributed by atoms with Crippen molar-refractivity contribution < 1.29 is 40.2 Å². The number of esters is 1. The molecule has 0 aromatic heterocycles. The number of carbonyl (C=O) groups is 1. The molecule has 1 unspecified atom stereocenters. The molecule has 3 fully saturated rings. The standard InChI is InChI=1S/C28H38O8/c1-16(29)26(33)12-13-28(35)25(26,3)22(36-23(32)17-4-6-19(30)7-5-17)15-21-24(2)10-9-20(31)14-18(24)8-11-27(21,28)34/h4-8,16,20-22,29-31,33-35H,9-15H2,1-3H3/t16?,20-,21+,22+,24-,25+,26+,27-,28+/m0/s1. The minimum atomic E-state index is -1.85. The van der Waals surface area contributed by atoms with Gasteiger partial charge in [-0.15, -0.1) is 0 Å². The van der Waals surface area contributed by atoms with E-state index in [0.717, 1.165) is 5.57 Å². The maximum absolute atomic E-state index is 13.2. The molecule has 0 aliphatic heterocycles. The van der Waals surface area contributed by atoms with E-state index in [1.165, 1.54) is 31.2 Å². The average molecular weight is 503 g/mol. The number of phenols is 1. The van der Waals surface area contributed by atoms with Gasteiger partial charge in [-0.3, -0.25) is 0 Å². The first-order valence-corrected chi connectivity index (χ1v) is 13.0. The van der Waals surface area contributed by atoms with Crippen LogP contribution in [0.1, 0.15) is 76.1 Å². The first-order chi connectivity index (χ1) is 16.7. The maximum Gasteiger partial charge on any atom is 0.338 e. The predicted octanol–water partition coefficient (Wildman–Crippen LogP) is 2.19. The van der Waals surface area contributed by atoms with E-state index in [0.29, 0.717) is 19.3 Å². The van der Waals surface area contributed by atoms with Crippen LogP contribution in [0.2, 0.25) is 0 Å². The summed E-state index contributed by atoms with van der Waals surface area (Å²) in [6, 6.07) is 5.63. The molecule has 36 heavy (non-hydrogen) atoms. The van der Waals surface area contributed by atoms with Crippen LogP contribution in [0.15, 0.2) is 35.9 Å². The third-order valence-electron chi connectivity index (χ3n) is 10.7. The van der Waals surface area contributed by atoms with Crippen molar-refractivity contribution in [2.45, 2.75) is 101 Å². The summed E-state index contributed by atoms with van der Waals surface area (Å²) in [4.78, 5) is 13.2. The number of hydrogen-bond donors (Lipinski definition) is 6. The van der Waals surface area contributed by atoms with Gasteiger partial charge in [0.25, 0.3) is 0 Å². The van der Waals surface area contributed by atoms with Crippen molar-refractivity contribution in [2.24, 2.45) is 16.7 Å². The van der Waals surface area contributed by atoms with Crippen LogP contribution in [0.5, 0.6) is 5.75 Å². The predicted molar refractivity (Wildman–Crippen MR) is 130 cm³/mol. The summed E-state index contributed by atoms with van der Waals surface area (Å²) in [5.74, 6) is -1.17. The molecule has 1 aromatic carbocycles. The zero-order chi connectivity index (χ0) is 26.3. The normalized spacial score (nSPS) is 46.7. The minimum absolute atomic E-state index is 0.00354. The van der Waals surface area contributed by atoms with E-state index in [2.05, 4.69) is 0 Å². The van der Waals surface area contributed by atoms with E-state index in [-0.39, 0.29) is 37.0 Å².